The Hall–Kier alpha value is -2.11. The molecule has 0 spiro atoms. The van der Waals surface area contributed by atoms with Gasteiger partial charge in [0.1, 0.15) is 17.9 Å². The van der Waals surface area contributed by atoms with Crippen molar-refractivity contribution in [1.82, 2.24) is 19.4 Å². The van der Waals surface area contributed by atoms with Crippen molar-refractivity contribution in [3.63, 3.8) is 0 Å². The third-order valence-corrected chi connectivity index (χ3v) is 5.05. The number of imidazole rings is 1. The van der Waals surface area contributed by atoms with Gasteiger partial charge in [-0.3, -0.25) is 9.36 Å². The monoisotopic (exact) mass is 404 g/mol. The summed E-state index contributed by atoms with van der Waals surface area (Å²) in [5, 5.41) is 0.931. The van der Waals surface area contributed by atoms with Crippen molar-refractivity contribution < 1.29 is 4.79 Å². The Kier molecular flexibility index (Phi) is 6.34. The van der Waals surface area contributed by atoms with E-state index in [2.05, 4.69) is 23.8 Å². The van der Waals surface area contributed by atoms with Gasteiger partial charge in [0.2, 0.25) is 5.91 Å². The number of nitrogens with zero attached hydrogens (tertiary/aromatic N) is 4. The normalized spacial score (nSPS) is 11.1. The second-order valence-electron chi connectivity index (χ2n) is 6.38. The molecule has 0 bridgehead atoms. The van der Waals surface area contributed by atoms with Crippen molar-refractivity contribution in [2.45, 2.75) is 33.2 Å². The number of fused-ring (bicyclic) bond motifs is 1. The number of hydrogen-bond donors (Lipinski definition) is 0. The first kappa shape index (κ1) is 19.6. The van der Waals surface area contributed by atoms with Crippen LogP contribution in [0, 0.1) is 0 Å². The van der Waals surface area contributed by atoms with Crippen molar-refractivity contribution in [1.29, 1.82) is 0 Å². The van der Waals surface area contributed by atoms with Crippen molar-refractivity contribution in [2.75, 3.05) is 13.1 Å². The van der Waals surface area contributed by atoms with Crippen LogP contribution in [0.15, 0.2) is 36.5 Å². The van der Waals surface area contributed by atoms with Gasteiger partial charge in [-0.2, -0.15) is 0 Å². The van der Waals surface area contributed by atoms with Gasteiger partial charge in [-0.15, -0.1) is 0 Å². The summed E-state index contributed by atoms with van der Waals surface area (Å²) >= 11 is 12.2. The molecule has 1 amide bonds. The maximum Gasteiger partial charge on any atom is 0.242 e. The predicted octanol–water partition coefficient (Wildman–Crippen LogP) is 5.05. The van der Waals surface area contributed by atoms with Crippen LogP contribution in [0.2, 0.25) is 10.0 Å². The standard InChI is InChI=1S/C20H22Cl2N4O/c1-3-10-25(11-4-2)18(27)13-26-19(14-7-8-15(21)16(22)12-14)24-17-6-5-9-23-20(17)26/h5-9,12H,3-4,10-11,13H2,1-2H3. The lowest BCUT2D eigenvalue weighted by atomic mass is 10.2. The smallest absolute Gasteiger partial charge is 0.242 e. The summed E-state index contributed by atoms with van der Waals surface area (Å²) in [5.74, 6) is 0.716. The van der Waals surface area contributed by atoms with Gasteiger partial charge in [-0.1, -0.05) is 37.0 Å². The first-order chi connectivity index (χ1) is 13.0. The molecule has 0 aliphatic rings. The molecular formula is C20H22Cl2N4O. The number of amides is 1. The van der Waals surface area contributed by atoms with Crippen molar-refractivity contribution in [3.8, 4) is 11.4 Å². The molecule has 2 heterocycles. The summed E-state index contributed by atoms with van der Waals surface area (Å²) in [6.07, 6.45) is 3.56. The van der Waals surface area contributed by atoms with Crippen LogP contribution in [0.5, 0.6) is 0 Å². The molecule has 0 aliphatic heterocycles. The highest BCUT2D eigenvalue weighted by Gasteiger charge is 2.19. The molecule has 3 aromatic rings. The number of halogens is 2. The van der Waals surface area contributed by atoms with E-state index in [1.807, 2.05) is 27.7 Å². The Morgan fingerprint density at radius 3 is 2.52 bits per heavy atom. The summed E-state index contributed by atoms with van der Waals surface area (Å²) in [6.45, 7) is 5.82. The minimum absolute atomic E-state index is 0.0602. The fourth-order valence-electron chi connectivity index (χ4n) is 3.10. The Morgan fingerprint density at radius 1 is 1.11 bits per heavy atom. The molecule has 0 fully saturated rings. The van der Waals surface area contributed by atoms with Crippen LogP contribution in [-0.2, 0) is 11.3 Å². The third kappa shape index (κ3) is 4.25. The number of aromatic nitrogens is 3. The van der Waals surface area contributed by atoms with Gasteiger partial charge in [-0.25, -0.2) is 9.97 Å². The first-order valence-corrected chi connectivity index (χ1v) is 9.85. The SMILES string of the molecule is CCCN(CCC)C(=O)Cn1c(-c2ccc(Cl)c(Cl)c2)nc2cccnc21. The minimum Gasteiger partial charge on any atom is -0.341 e. The van der Waals surface area contributed by atoms with Crippen molar-refractivity contribution >= 4 is 40.3 Å². The van der Waals surface area contributed by atoms with E-state index in [1.54, 1.807) is 18.3 Å². The molecule has 2 aromatic heterocycles. The lowest BCUT2D eigenvalue weighted by molar-refractivity contribution is -0.131. The number of carbonyl (C=O) groups excluding carboxylic acids is 1. The second-order valence-corrected chi connectivity index (χ2v) is 7.19. The van der Waals surface area contributed by atoms with Gasteiger partial charge in [0, 0.05) is 24.8 Å². The van der Waals surface area contributed by atoms with E-state index in [1.165, 1.54) is 0 Å². The van der Waals surface area contributed by atoms with Gasteiger partial charge in [0.15, 0.2) is 5.65 Å². The summed E-state index contributed by atoms with van der Waals surface area (Å²) in [6, 6.07) is 9.08. The van der Waals surface area contributed by atoms with E-state index in [9.17, 15) is 4.79 Å². The molecule has 142 valence electrons. The van der Waals surface area contributed by atoms with Gasteiger partial charge < -0.3 is 4.90 Å². The average Bonchev–Trinajstić information content (AvgIpc) is 3.02. The molecule has 7 heteroatoms. The maximum atomic E-state index is 12.9. The number of carbonyl (C=O) groups is 1. The van der Waals surface area contributed by atoms with E-state index in [-0.39, 0.29) is 12.5 Å². The highest BCUT2D eigenvalue weighted by Crippen LogP contribution is 2.30. The van der Waals surface area contributed by atoms with Gasteiger partial charge in [0.25, 0.3) is 0 Å². The van der Waals surface area contributed by atoms with E-state index in [0.29, 0.717) is 21.5 Å². The lowest BCUT2D eigenvalue weighted by Crippen LogP contribution is -2.35. The molecule has 5 nitrogen and oxygen atoms in total. The van der Waals surface area contributed by atoms with Crippen LogP contribution in [0.1, 0.15) is 26.7 Å². The van der Waals surface area contributed by atoms with Gasteiger partial charge >= 0.3 is 0 Å². The topological polar surface area (TPSA) is 51.0 Å². The molecule has 0 N–H and O–H groups in total. The summed E-state index contributed by atoms with van der Waals surface area (Å²) < 4.78 is 1.86. The predicted molar refractivity (Wildman–Crippen MR) is 110 cm³/mol. The van der Waals surface area contributed by atoms with E-state index in [4.69, 9.17) is 23.2 Å². The van der Waals surface area contributed by atoms with Crippen LogP contribution in [0.25, 0.3) is 22.6 Å². The first-order valence-electron chi connectivity index (χ1n) is 9.09. The van der Waals surface area contributed by atoms with Crippen LogP contribution in [0.3, 0.4) is 0 Å². The Labute approximate surface area is 168 Å². The average molecular weight is 405 g/mol. The molecule has 0 saturated heterocycles. The zero-order chi connectivity index (χ0) is 19.4. The van der Waals surface area contributed by atoms with Crippen molar-refractivity contribution in [2.24, 2.45) is 0 Å². The Balaban J connectivity index is 2.05. The molecule has 0 radical (unpaired) electrons. The molecule has 0 saturated carbocycles. The Morgan fingerprint density at radius 2 is 1.85 bits per heavy atom. The lowest BCUT2D eigenvalue weighted by Gasteiger charge is -2.22. The molecule has 0 atom stereocenters. The molecule has 1 aromatic carbocycles. The Bertz CT molecular complexity index is 948. The molecule has 0 unspecified atom stereocenters. The summed E-state index contributed by atoms with van der Waals surface area (Å²) in [5.41, 5.74) is 2.22. The molecular weight excluding hydrogens is 383 g/mol. The fraction of sp³-hybridized carbons (Fsp3) is 0.350. The molecule has 0 aliphatic carbocycles. The van der Waals surface area contributed by atoms with Gasteiger partial charge in [0.05, 0.1) is 10.0 Å². The van der Waals surface area contributed by atoms with Gasteiger partial charge in [-0.05, 0) is 43.2 Å². The van der Waals surface area contributed by atoms with Crippen molar-refractivity contribution in [3.05, 3.63) is 46.6 Å². The number of rotatable bonds is 7. The summed E-state index contributed by atoms with van der Waals surface area (Å²) in [4.78, 5) is 24.0. The molecule has 27 heavy (non-hydrogen) atoms. The van der Waals surface area contributed by atoms with E-state index < -0.39 is 0 Å². The van der Waals surface area contributed by atoms with E-state index >= 15 is 0 Å². The highest BCUT2D eigenvalue weighted by molar-refractivity contribution is 6.42. The number of pyridine rings is 1. The van der Waals surface area contributed by atoms with Crippen LogP contribution >= 0.6 is 23.2 Å². The zero-order valence-electron chi connectivity index (χ0n) is 15.5. The van der Waals surface area contributed by atoms with E-state index in [0.717, 1.165) is 37.0 Å². The third-order valence-electron chi connectivity index (χ3n) is 4.31. The van der Waals surface area contributed by atoms with Crippen LogP contribution < -0.4 is 0 Å². The number of hydrogen-bond acceptors (Lipinski definition) is 3. The minimum atomic E-state index is 0.0602. The highest BCUT2D eigenvalue weighted by atomic mass is 35.5. The zero-order valence-corrected chi connectivity index (χ0v) is 17.0. The van der Waals surface area contributed by atoms with Crippen LogP contribution in [-0.4, -0.2) is 38.4 Å². The molecule has 3 rings (SSSR count). The quantitative estimate of drug-likeness (QED) is 0.553. The maximum absolute atomic E-state index is 12.9. The second kappa shape index (κ2) is 8.72. The number of benzene rings is 1. The van der Waals surface area contributed by atoms with Crippen LogP contribution in [0.4, 0.5) is 0 Å². The summed E-state index contributed by atoms with van der Waals surface area (Å²) in [7, 11) is 0. The fourth-order valence-corrected chi connectivity index (χ4v) is 3.40. The largest absolute Gasteiger partial charge is 0.341 e.